The molecule has 0 radical (unpaired) electrons. The molecule has 0 atom stereocenters. The van der Waals surface area contributed by atoms with Crippen LogP contribution in [0.2, 0.25) is 0 Å². The SMILES string of the molecule is c1ccc(-c2ccc(-c3nc(-c4ccc(-c5ccc(-c6cccc7c6sc6ccccc67)cc5)cc4)nc(-c4cccc5c4-c4ccccc4C5(c4ccccc4)c4ccccc4)n3)cc2)cc1. The van der Waals surface area contributed by atoms with Gasteiger partial charge in [0.05, 0.1) is 5.41 Å². The summed E-state index contributed by atoms with van der Waals surface area (Å²) < 4.78 is 2.64. The van der Waals surface area contributed by atoms with Gasteiger partial charge in [0.2, 0.25) is 0 Å². The topological polar surface area (TPSA) is 38.7 Å². The van der Waals surface area contributed by atoms with Crippen molar-refractivity contribution in [1.82, 2.24) is 15.0 Å². The first-order chi connectivity index (χ1) is 33.7. The van der Waals surface area contributed by atoms with Gasteiger partial charge in [0.25, 0.3) is 0 Å². The average molecular weight is 884 g/mol. The largest absolute Gasteiger partial charge is 0.208 e. The van der Waals surface area contributed by atoms with Gasteiger partial charge in [-0.25, -0.2) is 15.0 Å². The van der Waals surface area contributed by atoms with Crippen molar-refractivity contribution in [2.75, 3.05) is 0 Å². The number of rotatable bonds is 8. The molecule has 4 heteroatoms. The maximum Gasteiger partial charge on any atom is 0.164 e. The van der Waals surface area contributed by atoms with Crippen molar-refractivity contribution in [3.63, 3.8) is 0 Å². The molecule has 2 aromatic heterocycles. The number of benzene rings is 10. The van der Waals surface area contributed by atoms with Gasteiger partial charge in [-0.3, -0.25) is 0 Å². The molecule has 0 bridgehead atoms. The number of aromatic nitrogens is 3. The molecule has 2 heterocycles. The molecular formula is C64H41N3S. The van der Waals surface area contributed by atoms with Gasteiger partial charge >= 0.3 is 0 Å². The van der Waals surface area contributed by atoms with Crippen LogP contribution in [-0.2, 0) is 5.41 Å². The van der Waals surface area contributed by atoms with Crippen molar-refractivity contribution < 1.29 is 0 Å². The lowest BCUT2D eigenvalue weighted by Crippen LogP contribution is -2.28. The fourth-order valence-corrected chi connectivity index (χ4v) is 11.7. The molecular weight excluding hydrogens is 843 g/mol. The molecule has 0 saturated heterocycles. The summed E-state index contributed by atoms with van der Waals surface area (Å²) in [6.07, 6.45) is 0. The lowest BCUT2D eigenvalue weighted by atomic mass is 9.67. The first kappa shape index (κ1) is 39.8. The normalized spacial score (nSPS) is 12.5. The van der Waals surface area contributed by atoms with Crippen LogP contribution in [0.5, 0.6) is 0 Å². The van der Waals surface area contributed by atoms with Gasteiger partial charge in [-0.05, 0) is 72.8 Å². The highest BCUT2D eigenvalue weighted by Gasteiger charge is 2.47. The van der Waals surface area contributed by atoms with Gasteiger partial charge in [0.15, 0.2) is 17.5 Å². The van der Waals surface area contributed by atoms with E-state index in [0.29, 0.717) is 17.5 Å². The second-order valence-corrected chi connectivity index (χ2v) is 18.5. The minimum absolute atomic E-state index is 0.545. The Balaban J connectivity index is 0.930. The fourth-order valence-electron chi connectivity index (χ4n) is 10.5. The van der Waals surface area contributed by atoms with E-state index in [1.54, 1.807) is 0 Å². The van der Waals surface area contributed by atoms with E-state index in [-0.39, 0.29) is 0 Å². The maximum absolute atomic E-state index is 5.38. The highest BCUT2D eigenvalue weighted by atomic mass is 32.1. The van der Waals surface area contributed by atoms with E-state index in [9.17, 15) is 0 Å². The molecule has 0 saturated carbocycles. The molecule has 0 fully saturated rings. The summed E-state index contributed by atoms with van der Waals surface area (Å²) in [5, 5.41) is 2.63. The van der Waals surface area contributed by atoms with E-state index < -0.39 is 5.41 Å². The van der Waals surface area contributed by atoms with Crippen LogP contribution in [0.1, 0.15) is 22.3 Å². The summed E-state index contributed by atoms with van der Waals surface area (Å²) in [4.78, 5) is 16.0. The van der Waals surface area contributed by atoms with Crippen LogP contribution in [0.25, 0.3) is 98.8 Å². The maximum atomic E-state index is 5.38. The van der Waals surface area contributed by atoms with Crippen molar-refractivity contribution in [2.45, 2.75) is 5.41 Å². The standard InChI is InChI=1S/C64H41N3S/c1-4-16-42(17-5-1)43-32-38-47(39-33-43)61-65-62(48-40-34-45(35-41-48)44-30-36-46(37-31-44)51-24-14-25-53-52-22-11-13-29-58(52)68-60(51)53)67-63(66-61)55-26-15-28-57-59(55)54-23-10-12-27-56(54)64(57,49-18-6-2-7-19-49)50-20-8-3-9-21-50/h1-41H. The summed E-state index contributed by atoms with van der Waals surface area (Å²) >= 11 is 1.87. The molecule has 1 aliphatic carbocycles. The number of hydrogen-bond donors (Lipinski definition) is 0. The Hall–Kier alpha value is -8.57. The Morgan fingerprint density at radius 1 is 0.279 bits per heavy atom. The second kappa shape index (κ2) is 16.4. The zero-order valence-corrected chi connectivity index (χ0v) is 37.7. The molecule has 0 amide bonds. The van der Waals surface area contributed by atoms with E-state index in [2.05, 4.69) is 243 Å². The van der Waals surface area contributed by atoms with Crippen LogP contribution >= 0.6 is 11.3 Å². The average Bonchev–Trinajstić information content (AvgIpc) is 3.96. The monoisotopic (exact) mass is 883 g/mol. The Morgan fingerprint density at radius 3 is 1.34 bits per heavy atom. The highest BCUT2D eigenvalue weighted by Crippen LogP contribution is 2.58. The van der Waals surface area contributed by atoms with Gasteiger partial charge in [-0.1, -0.05) is 243 Å². The van der Waals surface area contributed by atoms with Crippen molar-refractivity contribution in [3.05, 3.63) is 271 Å². The second-order valence-electron chi connectivity index (χ2n) is 17.4. The third-order valence-electron chi connectivity index (χ3n) is 13.7. The van der Waals surface area contributed by atoms with Gasteiger partial charge in [0, 0.05) is 36.9 Å². The lowest BCUT2D eigenvalue weighted by Gasteiger charge is -2.33. The quantitative estimate of drug-likeness (QED) is 0.153. The number of fused-ring (bicyclic) bond motifs is 6. The Bertz CT molecular complexity index is 3770. The van der Waals surface area contributed by atoms with Crippen LogP contribution in [-0.4, -0.2) is 15.0 Å². The Kier molecular flexibility index (Phi) is 9.59. The number of nitrogens with zero attached hydrogens (tertiary/aromatic N) is 3. The van der Waals surface area contributed by atoms with Gasteiger partial charge < -0.3 is 0 Å². The van der Waals surface area contributed by atoms with E-state index in [1.807, 2.05) is 17.4 Å². The van der Waals surface area contributed by atoms with Gasteiger partial charge in [-0.15, -0.1) is 11.3 Å². The predicted octanol–water partition coefficient (Wildman–Crippen LogP) is 16.6. The van der Waals surface area contributed by atoms with Crippen molar-refractivity contribution in [1.29, 1.82) is 0 Å². The molecule has 0 unspecified atom stereocenters. The highest BCUT2D eigenvalue weighted by molar-refractivity contribution is 7.26. The van der Waals surface area contributed by atoms with Crippen LogP contribution in [0.15, 0.2) is 249 Å². The first-order valence-corrected chi connectivity index (χ1v) is 23.9. The molecule has 318 valence electrons. The number of hydrogen-bond acceptors (Lipinski definition) is 4. The Labute approximate surface area is 399 Å². The zero-order chi connectivity index (χ0) is 45.0. The van der Waals surface area contributed by atoms with E-state index in [1.165, 1.54) is 59.1 Å². The van der Waals surface area contributed by atoms with Crippen LogP contribution < -0.4 is 0 Å². The molecule has 13 rings (SSSR count). The molecule has 0 aliphatic heterocycles. The van der Waals surface area contributed by atoms with E-state index >= 15 is 0 Å². The fraction of sp³-hybridized carbons (Fsp3) is 0.0156. The smallest absolute Gasteiger partial charge is 0.164 e. The Morgan fingerprint density at radius 2 is 0.706 bits per heavy atom. The van der Waals surface area contributed by atoms with E-state index in [0.717, 1.165) is 44.5 Å². The van der Waals surface area contributed by atoms with Crippen molar-refractivity contribution >= 4 is 31.5 Å². The molecule has 12 aromatic rings. The van der Waals surface area contributed by atoms with Crippen molar-refractivity contribution in [3.8, 4) is 78.7 Å². The minimum atomic E-state index is -0.545. The zero-order valence-electron chi connectivity index (χ0n) is 36.9. The molecule has 10 aromatic carbocycles. The predicted molar refractivity (Wildman–Crippen MR) is 283 cm³/mol. The van der Waals surface area contributed by atoms with Gasteiger partial charge in [-0.2, -0.15) is 0 Å². The molecule has 68 heavy (non-hydrogen) atoms. The van der Waals surface area contributed by atoms with E-state index in [4.69, 9.17) is 15.0 Å². The minimum Gasteiger partial charge on any atom is -0.208 e. The third kappa shape index (κ3) is 6.52. The summed E-state index contributed by atoms with van der Waals surface area (Å²) in [6.45, 7) is 0. The summed E-state index contributed by atoms with van der Waals surface area (Å²) in [5.74, 6) is 1.88. The molecule has 1 aliphatic rings. The first-order valence-electron chi connectivity index (χ1n) is 23.1. The molecule has 3 nitrogen and oxygen atoms in total. The van der Waals surface area contributed by atoms with Crippen LogP contribution in [0, 0.1) is 0 Å². The molecule has 0 spiro atoms. The van der Waals surface area contributed by atoms with Crippen LogP contribution in [0.3, 0.4) is 0 Å². The number of thiophene rings is 1. The van der Waals surface area contributed by atoms with Crippen molar-refractivity contribution in [2.24, 2.45) is 0 Å². The summed E-state index contributed by atoms with van der Waals surface area (Å²) in [5.41, 5.74) is 16.5. The summed E-state index contributed by atoms with van der Waals surface area (Å²) in [6, 6.07) is 89.3. The lowest BCUT2D eigenvalue weighted by molar-refractivity contribution is 0.768. The van der Waals surface area contributed by atoms with Crippen LogP contribution in [0.4, 0.5) is 0 Å². The molecule has 0 N–H and O–H groups in total. The summed E-state index contributed by atoms with van der Waals surface area (Å²) in [7, 11) is 0. The van der Waals surface area contributed by atoms with Gasteiger partial charge in [0.1, 0.15) is 0 Å². The third-order valence-corrected chi connectivity index (χ3v) is 14.9.